The van der Waals surface area contributed by atoms with Gasteiger partial charge in [-0.3, -0.25) is 0 Å². The molecule has 0 atom stereocenters. The Balaban J connectivity index is 2.75. The molecule has 66 valence electrons. The molecule has 0 aliphatic heterocycles. The van der Waals surface area contributed by atoms with Gasteiger partial charge in [0.05, 0.1) is 0 Å². The lowest BCUT2D eigenvalue weighted by Crippen LogP contribution is -1.84. The fourth-order valence-corrected chi connectivity index (χ4v) is 1.63. The van der Waals surface area contributed by atoms with Gasteiger partial charge < -0.3 is 0 Å². The Labute approximate surface area is 75.0 Å². The molecule has 0 saturated carbocycles. The minimum atomic E-state index is -0.380. The van der Waals surface area contributed by atoms with Crippen LogP contribution in [0.4, 0.5) is 8.78 Å². The van der Waals surface area contributed by atoms with E-state index in [0.29, 0.717) is 4.90 Å². The highest BCUT2D eigenvalue weighted by Gasteiger charge is 2.02. The molecule has 0 N–H and O–H groups in total. The molecule has 1 rings (SSSR count). The van der Waals surface area contributed by atoms with Crippen LogP contribution in [0, 0.1) is 11.6 Å². The van der Waals surface area contributed by atoms with Crippen molar-refractivity contribution in [3.05, 3.63) is 29.8 Å². The van der Waals surface area contributed by atoms with Gasteiger partial charge in [0.1, 0.15) is 11.6 Å². The first-order valence-corrected chi connectivity index (χ1v) is 4.80. The van der Waals surface area contributed by atoms with Crippen LogP contribution in [0.2, 0.25) is 0 Å². The standard InChI is InChI=1S/C9H10F2S/c1-2-5-12-9-6-7(10)3-4-8(9)11/h3-4,6H,2,5H2,1H3. The van der Waals surface area contributed by atoms with E-state index in [9.17, 15) is 8.78 Å². The van der Waals surface area contributed by atoms with E-state index in [1.54, 1.807) is 0 Å². The van der Waals surface area contributed by atoms with E-state index in [-0.39, 0.29) is 11.6 Å². The summed E-state index contributed by atoms with van der Waals surface area (Å²) in [5.41, 5.74) is 0. The monoisotopic (exact) mass is 188 g/mol. The Kier molecular flexibility index (Phi) is 3.53. The summed E-state index contributed by atoms with van der Waals surface area (Å²) in [5.74, 6) is 0.102. The molecule has 0 amide bonds. The third kappa shape index (κ3) is 2.48. The summed E-state index contributed by atoms with van der Waals surface area (Å²) in [6, 6.07) is 3.52. The second-order valence-corrected chi connectivity index (χ2v) is 3.56. The lowest BCUT2D eigenvalue weighted by Gasteiger charge is -2.00. The fourth-order valence-electron chi connectivity index (χ4n) is 0.800. The second-order valence-electron chi connectivity index (χ2n) is 2.42. The van der Waals surface area contributed by atoms with Crippen LogP contribution in [-0.4, -0.2) is 5.75 Å². The summed E-state index contributed by atoms with van der Waals surface area (Å²) >= 11 is 1.35. The van der Waals surface area contributed by atoms with Crippen LogP contribution in [0.5, 0.6) is 0 Å². The Morgan fingerprint density at radius 3 is 2.75 bits per heavy atom. The van der Waals surface area contributed by atoms with Gasteiger partial charge in [-0.1, -0.05) is 6.92 Å². The van der Waals surface area contributed by atoms with Crippen molar-refractivity contribution in [2.75, 3.05) is 5.75 Å². The van der Waals surface area contributed by atoms with Crippen molar-refractivity contribution in [2.24, 2.45) is 0 Å². The molecule has 0 unspecified atom stereocenters. The molecule has 1 aromatic rings. The fraction of sp³-hybridized carbons (Fsp3) is 0.333. The van der Waals surface area contributed by atoms with E-state index >= 15 is 0 Å². The van der Waals surface area contributed by atoms with E-state index < -0.39 is 0 Å². The average molecular weight is 188 g/mol. The zero-order chi connectivity index (χ0) is 8.97. The molecule has 0 bridgehead atoms. The van der Waals surface area contributed by atoms with Crippen LogP contribution in [-0.2, 0) is 0 Å². The number of thioether (sulfide) groups is 1. The first-order chi connectivity index (χ1) is 5.74. The molecule has 0 saturated heterocycles. The average Bonchev–Trinajstić information content (AvgIpc) is 2.07. The van der Waals surface area contributed by atoms with E-state index in [0.717, 1.165) is 24.3 Å². The molecule has 0 aliphatic rings. The van der Waals surface area contributed by atoms with Gasteiger partial charge in [-0.05, 0) is 30.4 Å². The zero-order valence-electron chi connectivity index (χ0n) is 6.81. The molecular formula is C9H10F2S. The van der Waals surface area contributed by atoms with Crippen LogP contribution in [0.3, 0.4) is 0 Å². The Bertz CT molecular complexity index is 261. The first-order valence-electron chi connectivity index (χ1n) is 3.82. The van der Waals surface area contributed by atoms with Crippen LogP contribution in [0.25, 0.3) is 0 Å². The Morgan fingerprint density at radius 2 is 2.08 bits per heavy atom. The molecular weight excluding hydrogens is 178 g/mol. The maximum absolute atomic E-state index is 12.9. The maximum Gasteiger partial charge on any atom is 0.136 e. The lowest BCUT2D eigenvalue weighted by molar-refractivity contribution is 0.577. The van der Waals surface area contributed by atoms with Crippen LogP contribution in [0.1, 0.15) is 13.3 Å². The topological polar surface area (TPSA) is 0 Å². The Hall–Kier alpha value is -0.570. The molecule has 0 nitrogen and oxygen atoms in total. The van der Waals surface area contributed by atoms with E-state index in [4.69, 9.17) is 0 Å². The van der Waals surface area contributed by atoms with Gasteiger partial charge >= 0.3 is 0 Å². The van der Waals surface area contributed by atoms with Crippen LogP contribution >= 0.6 is 11.8 Å². The molecule has 12 heavy (non-hydrogen) atoms. The normalized spacial score (nSPS) is 10.2. The number of hydrogen-bond donors (Lipinski definition) is 0. The van der Waals surface area contributed by atoms with Gasteiger partial charge in [0, 0.05) is 4.90 Å². The smallest absolute Gasteiger partial charge is 0.136 e. The summed E-state index contributed by atoms with van der Waals surface area (Å²) in [6.45, 7) is 2.00. The van der Waals surface area contributed by atoms with Gasteiger partial charge in [-0.15, -0.1) is 11.8 Å². The molecule has 0 heterocycles. The third-order valence-electron chi connectivity index (χ3n) is 1.35. The van der Waals surface area contributed by atoms with Gasteiger partial charge in [-0.2, -0.15) is 0 Å². The molecule has 0 aliphatic carbocycles. The number of hydrogen-bond acceptors (Lipinski definition) is 1. The highest BCUT2D eigenvalue weighted by Crippen LogP contribution is 2.22. The minimum Gasteiger partial charge on any atom is -0.207 e. The van der Waals surface area contributed by atoms with Gasteiger partial charge in [0.25, 0.3) is 0 Å². The molecule has 1 aromatic carbocycles. The molecule has 0 spiro atoms. The number of halogens is 2. The summed E-state index contributed by atoms with van der Waals surface area (Å²) in [7, 11) is 0. The van der Waals surface area contributed by atoms with E-state index in [1.165, 1.54) is 17.8 Å². The van der Waals surface area contributed by atoms with Gasteiger partial charge in [-0.25, -0.2) is 8.78 Å². The SMILES string of the molecule is CCCSc1cc(F)ccc1F. The largest absolute Gasteiger partial charge is 0.207 e. The van der Waals surface area contributed by atoms with Crippen molar-refractivity contribution in [2.45, 2.75) is 18.2 Å². The first kappa shape index (κ1) is 9.52. The molecule has 3 heteroatoms. The summed E-state index contributed by atoms with van der Waals surface area (Å²) in [4.78, 5) is 0.400. The number of benzene rings is 1. The predicted octanol–water partition coefficient (Wildman–Crippen LogP) is 3.47. The molecule has 0 fully saturated rings. The summed E-state index contributed by atoms with van der Waals surface area (Å²) in [5, 5.41) is 0. The van der Waals surface area contributed by atoms with Crippen molar-refractivity contribution < 1.29 is 8.78 Å². The lowest BCUT2D eigenvalue weighted by atomic mass is 10.3. The van der Waals surface area contributed by atoms with Crippen molar-refractivity contribution in [3.8, 4) is 0 Å². The summed E-state index contributed by atoms with van der Waals surface area (Å²) in [6.07, 6.45) is 0.959. The van der Waals surface area contributed by atoms with Crippen molar-refractivity contribution in [1.29, 1.82) is 0 Å². The van der Waals surface area contributed by atoms with Crippen molar-refractivity contribution in [1.82, 2.24) is 0 Å². The minimum absolute atomic E-state index is 0.338. The molecule has 0 radical (unpaired) electrons. The molecule has 0 aromatic heterocycles. The highest BCUT2D eigenvalue weighted by molar-refractivity contribution is 7.99. The van der Waals surface area contributed by atoms with Crippen LogP contribution < -0.4 is 0 Å². The highest BCUT2D eigenvalue weighted by atomic mass is 32.2. The zero-order valence-corrected chi connectivity index (χ0v) is 7.63. The van der Waals surface area contributed by atoms with Crippen molar-refractivity contribution >= 4 is 11.8 Å². The van der Waals surface area contributed by atoms with E-state index in [2.05, 4.69) is 0 Å². The van der Waals surface area contributed by atoms with Gasteiger partial charge in [0.2, 0.25) is 0 Å². The summed E-state index contributed by atoms with van der Waals surface area (Å²) < 4.78 is 25.5. The second kappa shape index (κ2) is 4.45. The van der Waals surface area contributed by atoms with E-state index in [1.807, 2.05) is 6.92 Å². The maximum atomic E-state index is 12.9. The van der Waals surface area contributed by atoms with Crippen molar-refractivity contribution in [3.63, 3.8) is 0 Å². The quantitative estimate of drug-likeness (QED) is 0.654. The third-order valence-corrected chi connectivity index (χ3v) is 2.59. The van der Waals surface area contributed by atoms with Crippen LogP contribution in [0.15, 0.2) is 23.1 Å². The Morgan fingerprint density at radius 1 is 1.33 bits per heavy atom. The van der Waals surface area contributed by atoms with Gasteiger partial charge in [0.15, 0.2) is 0 Å². The number of rotatable bonds is 3. The predicted molar refractivity (Wildman–Crippen MR) is 47.4 cm³/mol.